The van der Waals surface area contributed by atoms with Crippen molar-refractivity contribution in [1.82, 2.24) is 10.2 Å². The Hall–Kier alpha value is -0.650. The molecule has 0 saturated carbocycles. The fourth-order valence-electron chi connectivity index (χ4n) is 1.88. The predicted octanol–water partition coefficient (Wildman–Crippen LogP) is -0.142. The van der Waals surface area contributed by atoms with Crippen molar-refractivity contribution in [3.05, 3.63) is 0 Å². The molecule has 1 fully saturated rings. The monoisotopic (exact) mass is 230 g/mol. The van der Waals surface area contributed by atoms with E-state index in [1.54, 1.807) is 19.1 Å². The molecule has 1 saturated heterocycles. The van der Waals surface area contributed by atoms with Crippen molar-refractivity contribution < 1.29 is 14.3 Å². The standard InChI is InChI=1S/C11H22N2O3/c1-4-5-12-6-11(14)13-7-9(15-2)10(8-13)16-3/h9-10,12H,4-8H2,1-3H3. The lowest BCUT2D eigenvalue weighted by atomic mass is 10.3. The molecule has 0 aliphatic carbocycles. The minimum absolute atomic E-state index is 0.000116. The lowest BCUT2D eigenvalue weighted by Crippen LogP contribution is -2.37. The topological polar surface area (TPSA) is 50.8 Å². The van der Waals surface area contributed by atoms with Gasteiger partial charge >= 0.3 is 0 Å². The average molecular weight is 230 g/mol. The molecule has 2 unspecified atom stereocenters. The fraction of sp³-hybridized carbons (Fsp3) is 0.909. The number of nitrogens with zero attached hydrogens (tertiary/aromatic N) is 1. The third-order valence-corrected chi connectivity index (χ3v) is 2.88. The summed E-state index contributed by atoms with van der Waals surface area (Å²) in [5.74, 6) is 0.120. The summed E-state index contributed by atoms with van der Waals surface area (Å²) in [5.41, 5.74) is 0. The summed E-state index contributed by atoms with van der Waals surface area (Å²) in [6.45, 7) is 4.61. The second-order valence-corrected chi connectivity index (χ2v) is 4.02. The van der Waals surface area contributed by atoms with Gasteiger partial charge in [-0.1, -0.05) is 6.92 Å². The fourth-order valence-corrected chi connectivity index (χ4v) is 1.88. The number of rotatable bonds is 6. The van der Waals surface area contributed by atoms with E-state index in [1.807, 2.05) is 0 Å². The van der Waals surface area contributed by atoms with Crippen LogP contribution >= 0.6 is 0 Å². The number of amides is 1. The van der Waals surface area contributed by atoms with Crippen LogP contribution in [0, 0.1) is 0 Å². The highest BCUT2D eigenvalue weighted by Gasteiger charge is 2.35. The molecule has 1 rings (SSSR count). The third-order valence-electron chi connectivity index (χ3n) is 2.88. The van der Waals surface area contributed by atoms with Crippen LogP contribution in [0.1, 0.15) is 13.3 Å². The molecule has 1 N–H and O–H groups in total. The van der Waals surface area contributed by atoms with Crippen molar-refractivity contribution in [2.75, 3.05) is 40.4 Å². The Bertz CT molecular complexity index is 211. The average Bonchev–Trinajstić information content (AvgIpc) is 2.72. The van der Waals surface area contributed by atoms with E-state index in [0.29, 0.717) is 19.6 Å². The molecule has 0 aromatic carbocycles. The first kappa shape index (κ1) is 13.4. The van der Waals surface area contributed by atoms with Gasteiger partial charge in [0.05, 0.1) is 6.54 Å². The summed E-state index contributed by atoms with van der Waals surface area (Å²) < 4.78 is 10.6. The van der Waals surface area contributed by atoms with Gasteiger partial charge in [0.2, 0.25) is 5.91 Å². The molecular weight excluding hydrogens is 208 g/mol. The van der Waals surface area contributed by atoms with E-state index in [2.05, 4.69) is 12.2 Å². The number of methoxy groups -OCH3 is 2. The van der Waals surface area contributed by atoms with E-state index in [9.17, 15) is 4.79 Å². The maximum Gasteiger partial charge on any atom is 0.236 e. The Kier molecular flexibility index (Phi) is 5.73. The third kappa shape index (κ3) is 3.43. The molecule has 94 valence electrons. The van der Waals surface area contributed by atoms with Gasteiger partial charge in [-0.3, -0.25) is 4.79 Å². The van der Waals surface area contributed by atoms with Gasteiger partial charge in [0.1, 0.15) is 12.2 Å². The van der Waals surface area contributed by atoms with Gasteiger partial charge in [-0.05, 0) is 13.0 Å². The van der Waals surface area contributed by atoms with E-state index in [4.69, 9.17) is 9.47 Å². The van der Waals surface area contributed by atoms with Gasteiger partial charge in [-0.2, -0.15) is 0 Å². The number of carbonyl (C=O) groups is 1. The molecule has 1 heterocycles. The maximum atomic E-state index is 11.8. The Morgan fingerprint density at radius 3 is 2.31 bits per heavy atom. The smallest absolute Gasteiger partial charge is 0.236 e. The van der Waals surface area contributed by atoms with Crippen molar-refractivity contribution in [3.8, 4) is 0 Å². The largest absolute Gasteiger partial charge is 0.377 e. The van der Waals surface area contributed by atoms with Crippen molar-refractivity contribution in [2.24, 2.45) is 0 Å². The van der Waals surface area contributed by atoms with Gasteiger partial charge in [0.25, 0.3) is 0 Å². The first-order valence-electron chi connectivity index (χ1n) is 5.77. The quantitative estimate of drug-likeness (QED) is 0.645. The van der Waals surface area contributed by atoms with Crippen LogP contribution in [0.25, 0.3) is 0 Å². The van der Waals surface area contributed by atoms with Gasteiger partial charge in [0, 0.05) is 27.3 Å². The van der Waals surface area contributed by atoms with Crippen LogP contribution in [0.3, 0.4) is 0 Å². The van der Waals surface area contributed by atoms with E-state index in [-0.39, 0.29) is 18.1 Å². The van der Waals surface area contributed by atoms with Crippen LogP contribution in [-0.4, -0.2) is 63.4 Å². The van der Waals surface area contributed by atoms with Crippen molar-refractivity contribution in [3.63, 3.8) is 0 Å². The van der Waals surface area contributed by atoms with E-state index >= 15 is 0 Å². The highest BCUT2D eigenvalue weighted by molar-refractivity contribution is 5.78. The predicted molar refractivity (Wildman–Crippen MR) is 61.3 cm³/mol. The second kappa shape index (κ2) is 6.83. The van der Waals surface area contributed by atoms with Crippen molar-refractivity contribution in [1.29, 1.82) is 0 Å². The molecule has 0 aromatic rings. The molecule has 1 aliphatic heterocycles. The summed E-state index contributed by atoms with van der Waals surface area (Å²) in [4.78, 5) is 13.6. The zero-order chi connectivity index (χ0) is 12.0. The normalized spacial score (nSPS) is 25.1. The van der Waals surface area contributed by atoms with Crippen LogP contribution in [-0.2, 0) is 14.3 Å². The number of hydrogen-bond donors (Lipinski definition) is 1. The van der Waals surface area contributed by atoms with Crippen LogP contribution in [0.5, 0.6) is 0 Å². The zero-order valence-corrected chi connectivity index (χ0v) is 10.4. The van der Waals surface area contributed by atoms with Gasteiger partial charge in [-0.25, -0.2) is 0 Å². The molecule has 16 heavy (non-hydrogen) atoms. The van der Waals surface area contributed by atoms with E-state index in [1.165, 1.54) is 0 Å². The summed E-state index contributed by atoms with van der Waals surface area (Å²) >= 11 is 0. The lowest BCUT2D eigenvalue weighted by Gasteiger charge is -2.15. The highest BCUT2D eigenvalue weighted by atomic mass is 16.5. The van der Waals surface area contributed by atoms with Gasteiger partial charge in [-0.15, -0.1) is 0 Å². The second-order valence-electron chi connectivity index (χ2n) is 4.02. The molecular formula is C11H22N2O3. The molecule has 0 aromatic heterocycles. The van der Waals surface area contributed by atoms with Crippen molar-refractivity contribution in [2.45, 2.75) is 25.6 Å². The Morgan fingerprint density at radius 2 is 1.88 bits per heavy atom. The number of ether oxygens (including phenoxy) is 2. The molecule has 0 radical (unpaired) electrons. The van der Waals surface area contributed by atoms with Crippen molar-refractivity contribution >= 4 is 5.91 Å². The summed E-state index contributed by atoms with van der Waals surface area (Å²) in [7, 11) is 3.31. The first-order valence-corrected chi connectivity index (χ1v) is 5.77. The minimum Gasteiger partial charge on any atom is -0.377 e. The Morgan fingerprint density at radius 1 is 1.31 bits per heavy atom. The lowest BCUT2D eigenvalue weighted by molar-refractivity contribution is -0.129. The number of hydrogen-bond acceptors (Lipinski definition) is 4. The van der Waals surface area contributed by atoms with Crippen LogP contribution in [0.2, 0.25) is 0 Å². The molecule has 0 bridgehead atoms. The SMILES string of the molecule is CCCNCC(=O)N1CC(OC)C(OC)C1. The van der Waals surface area contributed by atoms with Gasteiger partial charge < -0.3 is 19.7 Å². The molecule has 0 spiro atoms. The molecule has 5 nitrogen and oxygen atoms in total. The summed E-state index contributed by atoms with van der Waals surface area (Å²) in [5, 5.41) is 3.10. The minimum atomic E-state index is 0.000116. The van der Waals surface area contributed by atoms with Crippen LogP contribution in [0.15, 0.2) is 0 Å². The number of carbonyl (C=O) groups excluding carboxylic acids is 1. The zero-order valence-electron chi connectivity index (χ0n) is 10.4. The van der Waals surface area contributed by atoms with Crippen LogP contribution in [0.4, 0.5) is 0 Å². The number of likely N-dealkylation sites (tertiary alicyclic amines) is 1. The number of nitrogens with one attached hydrogen (secondary N) is 1. The molecule has 2 atom stereocenters. The Balaban J connectivity index is 2.35. The van der Waals surface area contributed by atoms with E-state index < -0.39 is 0 Å². The van der Waals surface area contributed by atoms with E-state index in [0.717, 1.165) is 13.0 Å². The molecule has 5 heteroatoms. The first-order chi connectivity index (χ1) is 7.72. The maximum absolute atomic E-state index is 11.8. The molecule has 1 aliphatic rings. The molecule has 1 amide bonds. The van der Waals surface area contributed by atoms with Gasteiger partial charge in [0.15, 0.2) is 0 Å². The summed E-state index contributed by atoms with van der Waals surface area (Å²) in [6, 6.07) is 0. The van der Waals surface area contributed by atoms with Crippen LogP contribution < -0.4 is 5.32 Å². The summed E-state index contributed by atoms with van der Waals surface area (Å²) in [6.07, 6.45) is 1.04. The highest BCUT2D eigenvalue weighted by Crippen LogP contribution is 2.15. The Labute approximate surface area is 97.1 Å².